The highest BCUT2D eigenvalue weighted by Crippen LogP contribution is 2.10. The van der Waals surface area contributed by atoms with Gasteiger partial charge in [-0.3, -0.25) is 0 Å². The van der Waals surface area contributed by atoms with Gasteiger partial charge in [-0.2, -0.15) is 0 Å². The van der Waals surface area contributed by atoms with E-state index in [1.165, 1.54) is 6.33 Å². The minimum absolute atomic E-state index is 0.669. The molecule has 2 aromatic rings. The van der Waals surface area contributed by atoms with Crippen LogP contribution in [0.4, 0.5) is 0 Å². The van der Waals surface area contributed by atoms with Crippen molar-refractivity contribution in [3.63, 3.8) is 0 Å². The van der Waals surface area contributed by atoms with Crippen LogP contribution in [0.2, 0.25) is 0 Å². The molecule has 0 saturated heterocycles. The molecule has 0 aromatic carbocycles. The summed E-state index contributed by atoms with van der Waals surface area (Å²) in [4.78, 5) is 16.3. The van der Waals surface area contributed by atoms with Gasteiger partial charge in [0.2, 0.25) is 0 Å². The van der Waals surface area contributed by atoms with Gasteiger partial charge < -0.3 is 0 Å². The van der Waals surface area contributed by atoms with Crippen LogP contribution in [0.1, 0.15) is 12.5 Å². The molecule has 0 radical (unpaired) electrons. The molecule has 14 heavy (non-hydrogen) atoms. The van der Waals surface area contributed by atoms with Crippen LogP contribution in [0.25, 0.3) is 11.4 Å². The number of nitrogens with zero attached hydrogens (tertiary/aromatic N) is 4. The molecule has 0 N–H and O–H groups in total. The van der Waals surface area contributed by atoms with E-state index >= 15 is 0 Å². The Morgan fingerprint density at radius 3 is 2.21 bits per heavy atom. The Morgan fingerprint density at radius 1 is 1.00 bits per heavy atom. The summed E-state index contributed by atoms with van der Waals surface area (Å²) in [6, 6.07) is 0. The second-order valence-corrected chi connectivity index (χ2v) is 2.90. The molecule has 2 heterocycles. The lowest BCUT2D eigenvalue weighted by atomic mass is 10.2. The summed E-state index contributed by atoms with van der Waals surface area (Å²) >= 11 is 0. The summed E-state index contributed by atoms with van der Waals surface area (Å²) in [6.45, 7) is 2.07. The first-order valence-electron chi connectivity index (χ1n) is 4.46. The van der Waals surface area contributed by atoms with Crippen molar-refractivity contribution < 1.29 is 0 Å². The van der Waals surface area contributed by atoms with Gasteiger partial charge in [-0.25, -0.2) is 19.9 Å². The maximum Gasteiger partial charge on any atom is 0.162 e. The van der Waals surface area contributed by atoms with Crippen molar-refractivity contribution in [3.05, 3.63) is 36.7 Å². The van der Waals surface area contributed by atoms with Gasteiger partial charge in [-0.1, -0.05) is 6.92 Å². The Balaban J connectivity index is 2.34. The quantitative estimate of drug-likeness (QED) is 0.713. The number of hydrogen-bond donors (Lipinski definition) is 0. The molecule has 0 saturated carbocycles. The van der Waals surface area contributed by atoms with Gasteiger partial charge in [0, 0.05) is 24.8 Å². The summed E-state index contributed by atoms with van der Waals surface area (Å²) in [7, 11) is 0. The van der Waals surface area contributed by atoms with E-state index in [1.807, 2.05) is 12.4 Å². The second kappa shape index (κ2) is 3.91. The second-order valence-electron chi connectivity index (χ2n) is 2.90. The fraction of sp³-hybridized carbons (Fsp3) is 0.200. The first kappa shape index (κ1) is 8.74. The molecule has 70 valence electrons. The average Bonchev–Trinajstić information content (AvgIpc) is 2.30. The van der Waals surface area contributed by atoms with Crippen LogP contribution < -0.4 is 0 Å². The summed E-state index contributed by atoms with van der Waals surface area (Å²) in [5.74, 6) is 0.669. The maximum atomic E-state index is 4.23. The molecule has 4 nitrogen and oxygen atoms in total. The van der Waals surface area contributed by atoms with Crippen molar-refractivity contribution in [1.82, 2.24) is 19.9 Å². The van der Waals surface area contributed by atoms with Crippen LogP contribution in [0, 0.1) is 0 Å². The van der Waals surface area contributed by atoms with Crippen LogP contribution in [-0.2, 0) is 6.42 Å². The summed E-state index contributed by atoms with van der Waals surface area (Å²) in [5.41, 5.74) is 1.97. The molecule has 0 amide bonds. The topological polar surface area (TPSA) is 51.6 Å². The highest BCUT2D eigenvalue weighted by Gasteiger charge is 2.00. The summed E-state index contributed by atoms with van der Waals surface area (Å²) in [5, 5.41) is 0. The molecule has 0 bridgehead atoms. The molecule has 4 heteroatoms. The minimum Gasteiger partial charge on any atom is -0.244 e. The third-order valence-electron chi connectivity index (χ3n) is 1.93. The monoisotopic (exact) mass is 186 g/mol. The fourth-order valence-corrected chi connectivity index (χ4v) is 1.10. The van der Waals surface area contributed by atoms with Gasteiger partial charge >= 0.3 is 0 Å². The average molecular weight is 186 g/mol. The minimum atomic E-state index is 0.669. The van der Waals surface area contributed by atoms with Gasteiger partial charge in [0.05, 0.1) is 5.56 Å². The van der Waals surface area contributed by atoms with Crippen LogP contribution in [-0.4, -0.2) is 19.9 Å². The number of aromatic nitrogens is 4. The fourth-order valence-electron chi connectivity index (χ4n) is 1.10. The Kier molecular flexibility index (Phi) is 2.44. The van der Waals surface area contributed by atoms with E-state index in [2.05, 4.69) is 26.9 Å². The molecule has 0 spiro atoms. The standard InChI is InChI=1S/C10H10N4/c1-2-8-3-13-10(14-4-8)9-5-11-7-12-6-9/h3-7H,2H2,1H3. The van der Waals surface area contributed by atoms with Crippen molar-refractivity contribution in [2.75, 3.05) is 0 Å². The molecule has 2 rings (SSSR count). The van der Waals surface area contributed by atoms with E-state index < -0.39 is 0 Å². The molecule has 2 aromatic heterocycles. The first-order chi connectivity index (χ1) is 6.90. The largest absolute Gasteiger partial charge is 0.244 e. The zero-order valence-electron chi connectivity index (χ0n) is 7.88. The van der Waals surface area contributed by atoms with E-state index in [4.69, 9.17) is 0 Å². The van der Waals surface area contributed by atoms with E-state index in [0.29, 0.717) is 5.82 Å². The zero-order chi connectivity index (χ0) is 9.80. The van der Waals surface area contributed by atoms with E-state index in [0.717, 1.165) is 17.5 Å². The molecular weight excluding hydrogens is 176 g/mol. The smallest absolute Gasteiger partial charge is 0.162 e. The van der Waals surface area contributed by atoms with Gasteiger partial charge in [-0.05, 0) is 12.0 Å². The van der Waals surface area contributed by atoms with Gasteiger partial charge in [-0.15, -0.1) is 0 Å². The van der Waals surface area contributed by atoms with Gasteiger partial charge in [0.1, 0.15) is 6.33 Å². The highest BCUT2D eigenvalue weighted by molar-refractivity contribution is 5.50. The Morgan fingerprint density at radius 2 is 1.64 bits per heavy atom. The van der Waals surface area contributed by atoms with Crippen LogP contribution in [0.5, 0.6) is 0 Å². The Hall–Kier alpha value is -1.84. The lowest BCUT2D eigenvalue weighted by molar-refractivity contribution is 1.04. The number of aryl methyl sites for hydroxylation is 1. The molecule has 0 atom stereocenters. The van der Waals surface area contributed by atoms with Crippen molar-refractivity contribution in [1.29, 1.82) is 0 Å². The molecule has 0 unspecified atom stereocenters. The summed E-state index contributed by atoms with van der Waals surface area (Å²) < 4.78 is 0. The Bertz CT molecular complexity index is 396. The predicted octanol–water partition coefficient (Wildman–Crippen LogP) is 1.50. The van der Waals surface area contributed by atoms with E-state index in [-0.39, 0.29) is 0 Å². The van der Waals surface area contributed by atoms with E-state index in [9.17, 15) is 0 Å². The molecule has 0 aliphatic carbocycles. The number of hydrogen-bond acceptors (Lipinski definition) is 4. The lowest BCUT2D eigenvalue weighted by Crippen LogP contribution is -1.92. The molecule has 0 aliphatic heterocycles. The predicted molar refractivity (Wildman–Crippen MR) is 52.4 cm³/mol. The molecule has 0 aliphatic rings. The maximum absolute atomic E-state index is 4.23. The van der Waals surface area contributed by atoms with Crippen LogP contribution in [0.15, 0.2) is 31.1 Å². The van der Waals surface area contributed by atoms with Crippen molar-refractivity contribution in [3.8, 4) is 11.4 Å². The third-order valence-corrected chi connectivity index (χ3v) is 1.93. The van der Waals surface area contributed by atoms with Crippen molar-refractivity contribution in [2.24, 2.45) is 0 Å². The first-order valence-corrected chi connectivity index (χ1v) is 4.46. The SMILES string of the molecule is CCc1cnc(-c2cncnc2)nc1. The Labute approximate surface area is 82.1 Å². The zero-order valence-corrected chi connectivity index (χ0v) is 7.88. The number of rotatable bonds is 2. The summed E-state index contributed by atoms with van der Waals surface area (Å²) in [6.07, 6.45) is 9.50. The highest BCUT2D eigenvalue weighted by atomic mass is 14.9. The molecule has 0 fully saturated rings. The van der Waals surface area contributed by atoms with Crippen LogP contribution in [0.3, 0.4) is 0 Å². The van der Waals surface area contributed by atoms with Crippen molar-refractivity contribution in [2.45, 2.75) is 13.3 Å². The van der Waals surface area contributed by atoms with Crippen molar-refractivity contribution >= 4 is 0 Å². The van der Waals surface area contributed by atoms with E-state index in [1.54, 1.807) is 12.4 Å². The normalized spacial score (nSPS) is 10.1. The van der Waals surface area contributed by atoms with Crippen LogP contribution >= 0.6 is 0 Å². The lowest BCUT2D eigenvalue weighted by Gasteiger charge is -1.99. The van der Waals surface area contributed by atoms with Gasteiger partial charge in [0.25, 0.3) is 0 Å². The third kappa shape index (κ3) is 1.74. The molecular formula is C10H10N4. The van der Waals surface area contributed by atoms with Gasteiger partial charge in [0.15, 0.2) is 5.82 Å².